The molecule has 0 aromatic rings. The third-order valence-electron chi connectivity index (χ3n) is 8.89. The van der Waals surface area contributed by atoms with Crippen LogP contribution in [0.5, 0.6) is 0 Å². The number of aliphatic carboxylic acids is 1. The predicted molar refractivity (Wildman–Crippen MR) is 179 cm³/mol. The number of carbonyl (C=O) groups is 1. The van der Waals surface area contributed by atoms with Gasteiger partial charge in [-0.1, -0.05) is 194 Å². The molecule has 0 radical (unpaired) electrons. The summed E-state index contributed by atoms with van der Waals surface area (Å²) in [5.74, 6) is -0.613. The number of rotatable bonds is 34. The zero-order chi connectivity index (χ0) is 29.4. The van der Waals surface area contributed by atoms with Gasteiger partial charge < -0.3 is 5.11 Å². The van der Waals surface area contributed by atoms with Crippen LogP contribution >= 0.6 is 0 Å². The first kappa shape index (κ1) is 39.4. The number of carboxylic acid groups (broad SMARTS) is 1. The molecule has 0 aromatic heterocycles. The quantitative estimate of drug-likeness (QED) is 0.0789. The van der Waals surface area contributed by atoms with Crippen LogP contribution in [-0.4, -0.2) is 35.1 Å². The van der Waals surface area contributed by atoms with Crippen molar-refractivity contribution in [3.05, 3.63) is 0 Å². The lowest BCUT2D eigenvalue weighted by Crippen LogP contribution is -2.42. The molecule has 3 heteroatoms. The van der Waals surface area contributed by atoms with E-state index in [4.69, 9.17) is 0 Å². The molecule has 0 rings (SSSR count). The van der Waals surface area contributed by atoms with Crippen molar-refractivity contribution in [3.63, 3.8) is 0 Å². The Bertz CT molecular complexity index is 463. The van der Waals surface area contributed by atoms with Crippen LogP contribution < -0.4 is 0 Å². The summed E-state index contributed by atoms with van der Waals surface area (Å²) in [7, 11) is 0. The largest absolute Gasteiger partial charge is 0.480 e. The maximum absolute atomic E-state index is 12.0. The van der Waals surface area contributed by atoms with Gasteiger partial charge >= 0.3 is 5.97 Å². The average molecular weight is 566 g/mol. The monoisotopic (exact) mass is 566 g/mol. The van der Waals surface area contributed by atoms with E-state index in [-0.39, 0.29) is 6.04 Å². The third kappa shape index (κ3) is 27.6. The second-order valence-corrected chi connectivity index (χ2v) is 12.9. The Balaban J connectivity index is 3.86. The van der Waals surface area contributed by atoms with Crippen molar-refractivity contribution in [1.82, 2.24) is 4.90 Å². The highest BCUT2D eigenvalue weighted by atomic mass is 16.4. The summed E-state index contributed by atoms with van der Waals surface area (Å²) in [5, 5.41) is 9.86. The standard InChI is InChI=1S/C37H75NO2/c1-4-7-9-11-13-15-17-19-21-23-25-27-29-31-34-38(36(33-6-3)37(39)40)35-32-30-28-26-24-22-20-18-16-14-12-10-8-5-2/h36H,4-35H2,1-3H3,(H,39,40). The van der Waals surface area contributed by atoms with Crippen LogP contribution in [-0.2, 0) is 4.79 Å². The van der Waals surface area contributed by atoms with E-state index in [1.54, 1.807) is 0 Å². The van der Waals surface area contributed by atoms with E-state index in [0.29, 0.717) is 0 Å². The summed E-state index contributed by atoms with van der Waals surface area (Å²) in [6.07, 6.45) is 40.1. The molecule has 0 aliphatic carbocycles. The maximum atomic E-state index is 12.0. The van der Waals surface area contributed by atoms with E-state index in [2.05, 4.69) is 25.7 Å². The van der Waals surface area contributed by atoms with Crippen LogP contribution in [0.2, 0.25) is 0 Å². The minimum Gasteiger partial charge on any atom is -0.480 e. The first-order chi connectivity index (χ1) is 19.7. The van der Waals surface area contributed by atoms with Gasteiger partial charge in [0.1, 0.15) is 6.04 Å². The Morgan fingerprint density at radius 2 is 0.675 bits per heavy atom. The van der Waals surface area contributed by atoms with E-state index in [1.807, 2.05) is 0 Å². The van der Waals surface area contributed by atoms with Gasteiger partial charge in [0, 0.05) is 0 Å². The fourth-order valence-electron chi connectivity index (χ4n) is 6.18. The Morgan fingerprint density at radius 3 is 0.900 bits per heavy atom. The fraction of sp³-hybridized carbons (Fsp3) is 0.973. The molecular weight excluding hydrogens is 490 g/mol. The molecule has 1 N–H and O–H groups in total. The smallest absolute Gasteiger partial charge is 0.320 e. The second-order valence-electron chi connectivity index (χ2n) is 12.9. The lowest BCUT2D eigenvalue weighted by atomic mass is 10.0. The van der Waals surface area contributed by atoms with Gasteiger partial charge in [-0.3, -0.25) is 9.69 Å². The van der Waals surface area contributed by atoms with Gasteiger partial charge in [0.15, 0.2) is 0 Å². The van der Waals surface area contributed by atoms with Crippen LogP contribution in [0.15, 0.2) is 0 Å². The van der Waals surface area contributed by atoms with Crippen LogP contribution in [0.4, 0.5) is 0 Å². The zero-order valence-electron chi connectivity index (χ0n) is 28.0. The molecule has 0 bridgehead atoms. The molecule has 0 spiro atoms. The molecule has 40 heavy (non-hydrogen) atoms. The molecule has 1 atom stereocenters. The molecule has 3 nitrogen and oxygen atoms in total. The molecule has 0 amide bonds. The fourth-order valence-corrected chi connectivity index (χ4v) is 6.18. The van der Waals surface area contributed by atoms with Crippen molar-refractivity contribution in [2.24, 2.45) is 0 Å². The second kappa shape index (κ2) is 32.9. The van der Waals surface area contributed by atoms with Crippen molar-refractivity contribution < 1.29 is 9.90 Å². The maximum Gasteiger partial charge on any atom is 0.320 e. The van der Waals surface area contributed by atoms with Gasteiger partial charge in [0.25, 0.3) is 0 Å². The summed E-state index contributed by atoms with van der Waals surface area (Å²) in [5.41, 5.74) is 0. The summed E-state index contributed by atoms with van der Waals surface area (Å²) in [6, 6.07) is -0.283. The molecule has 1 unspecified atom stereocenters. The molecule has 0 saturated heterocycles. The van der Waals surface area contributed by atoms with Crippen LogP contribution in [0.3, 0.4) is 0 Å². The van der Waals surface area contributed by atoms with Gasteiger partial charge in [0.05, 0.1) is 0 Å². The number of nitrogens with zero attached hydrogens (tertiary/aromatic N) is 1. The highest BCUT2D eigenvalue weighted by molar-refractivity contribution is 5.73. The molecule has 0 heterocycles. The Morgan fingerprint density at radius 1 is 0.425 bits per heavy atom. The molecule has 0 aliphatic rings. The first-order valence-corrected chi connectivity index (χ1v) is 18.6. The first-order valence-electron chi connectivity index (χ1n) is 18.6. The molecule has 0 aromatic carbocycles. The van der Waals surface area contributed by atoms with Gasteiger partial charge in [-0.05, 0) is 32.4 Å². The Hall–Kier alpha value is -0.570. The topological polar surface area (TPSA) is 40.5 Å². The summed E-state index contributed by atoms with van der Waals surface area (Å²) in [4.78, 5) is 14.3. The number of carboxylic acids is 1. The van der Waals surface area contributed by atoms with E-state index in [9.17, 15) is 9.90 Å². The van der Waals surface area contributed by atoms with Crippen molar-refractivity contribution in [3.8, 4) is 0 Å². The molecule has 0 saturated carbocycles. The normalized spacial score (nSPS) is 12.4. The lowest BCUT2D eigenvalue weighted by molar-refractivity contribution is -0.143. The highest BCUT2D eigenvalue weighted by Gasteiger charge is 2.23. The van der Waals surface area contributed by atoms with Crippen molar-refractivity contribution in [2.45, 2.75) is 219 Å². The molecule has 0 aliphatic heterocycles. The number of hydrogen-bond donors (Lipinski definition) is 1. The highest BCUT2D eigenvalue weighted by Crippen LogP contribution is 2.17. The third-order valence-corrected chi connectivity index (χ3v) is 8.89. The van der Waals surface area contributed by atoms with E-state index < -0.39 is 5.97 Å². The van der Waals surface area contributed by atoms with E-state index in [0.717, 1.165) is 38.8 Å². The number of hydrogen-bond acceptors (Lipinski definition) is 2. The van der Waals surface area contributed by atoms with Crippen LogP contribution in [0, 0.1) is 0 Å². The van der Waals surface area contributed by atoms with Crippen molar-refractivity contribution in [2.75, 3.05) is 13.1 Å². The van der Waals surface area contributed by atoms with Crippen LogP contribution in [0.1, 0.15) is 213 Å². The molecule has 240 valence electrons. The van der Waals surface area contributed by atoms with Gasteiger partial charge in [-0.2, -0.15) is 0 Å². The summed E-state index contributed by atoms with van der Waals surface area (Å²) in [6.45, 7) is 8.63. The Labute approximate surface area is 253 Å². The predicted octanol–water partition coefficient (Wildman–Crippen LogP) is 12.5. The van der Waals surface area contributed by atoms with E-state index >= 15 is 0 Å². The van der Waals surface area contributed by atoms with Gasteiger partial charge in [-0.25, -0.2) is 0 Å². The van der Waals surface area contributed by atoms with Gasteiger partial charge in [0.2, 0.25) is 0 Å². The average Bonchev–Trinajstić information content (AvgIpc) is 2.95. The summed E-state index contributed by atoms with van der Waals surface area (Å²) >= 11 is 0. The Kier molecular flexibility index (Phi) is 32.5. The van der Waals surface area contributed by atoms with Crippen LogP contribution in [0.25, 0.3) is 0 Å². The number of unbranched alkanes of at least 4 members (excludes halogenated alkanes) is 26. The molecular formula is C37H75NO2. The van der Waals surface area contributed by atoms with Crippen molar-refractivity contribution >= 4 is 5.97 Å². The van der Waals surface area contributed by atoms with E-state index in [1.165, 1.54) is 167 Å². The van der Waals surface area contributed by atoms with Gasteiger partial charge in [-0.15, -0.1) is 0 Å². The lowest BCUT2D eigenvalue weighted by Gasteiger charge is -2.29. The minimum absolute atomic E-state index is 0.283. The molecule has 0 fully saturated rings. The van der Waals surface area contributed by atoms with Crippen molar-refractivity contribution in [1.29, 1.82) is 0 Å². The SMILES string of the molecule is CCCCCCCCCCCCCCCCN(CCCCCCCCCCCCCCCC)C(CCC)C(=O)O. The minimum atomic E-state index is -0.613. The zero-order valence-corrected chi connectivity index (χ0v) is 28.0. The summed E-state index contributed by atoms with van der Waals surface area (Å²) < 4.78 is 0.